The Hall–Kier alpha value is -11.1. The van der Waals surface area contributed by atoms with Crippen LogP contribution in [0.1, 0.15) is 0 Å². The zero-order valence-corrected chi connectivity index (χ0v) is 50.8. The van der Waals surface area contributed by atoms with E-state index in [1.165, 1.54) is 118 Å². The van der Waals surface area contributed by atoms with Gasteiger partial charge in [0.1, 0.15) is 0 Å². The van der Waals surface area contributed by atoms with Gasteiger partial charge in [-0.15, -0.1) is 22.7 Å². The van der Waals surface area contributed by atoms with Crippen LogP contribution in [0, 0.1) is 0 Å². The SMILES string of the molecule is c1ccc(-c2ccc(N(c3ccccc3)c3ccc(-c4cc(-c5ccc6ccccc6c5)c5sc6ccccc6c5c4)cc3)cc2)cc1.c1ccc(N(c2ccccc2)c2ccc(-c3cc(-c4ccc5ccccc5c4)c4sc5ccccc5c4c3)cc2)cc1. The number of benzene rings is 15. The van der Waals surface area contributed by atoms with Gasteiger partial charge in [0.05, 0.1) is 0 Å². The molecule has 0 saturated heterocycles. The smallest absolute Gasteiger partial charge is 0.0462 e. The van der Waals surface area contributed by atoms with Gasteiger partial charge in [0, 0.05) is 85.6 Å². The molecule has 0 atom stereocenters. The topological polar surface area (TPSA) is 6.48 Å². The van der Waals surface area contributed by atoms with Gasteiger partial charge >= 0.3 is 0 Å². The van der Waals surface area contributed by atoms with Crippen molar-refractivity contribution in [3.05, 3.63) is 352 Å². The van der Waals surface area contributed by atoms with Gasteiger partial charge in [-0.05, 0) is 187 Å². The first-order valence-corrected chi connectivity index (χ1v) is 32.2. The molecule has 0 bridgehead atoms. The Bertz CT molecular complexity index is 5350. The van der Waals surface area contributed by atoms with Crippen molar-refractivity contribution in [1.82, 2.24) is 0 Å². The van der Waals surface area contributed by atoms with Gasteiger partial charge in [-0.1, -0.05) is 231 Å². The molecule has 4 heteroatoms. The molecular formula is C86H58N2S2. The second-order valence-electron chi connectivity index (χ2n) is 22.8. The lowest BCUT2D eigenvalue weighted by Gasteiger charge is -2.26. The van der Waals surface area contributed by atoms with Crippen molar-refractivity contribution < 1.29 is 0 Å². The van der Waals surface area contributed by atoms with Crippen molar-refractivity contribution >= 4 is 119 Å². The molecule has 0 radical (unpaired) electrons. The van der Waals surface area contributed by atoms with Crippen LogP contribution < -0.4 is 9.80 Å². The number of para-hydroxylation sites is 3. The highest BCUT2D eigenvalue weighted by Gasteiger charge is 2.19. The van der Waals surface area contributed by atoms with E-state index in [-0.39, 0.29) is 0 Å². The molecule has 0 fully saturated rings. The van der Waals surface area contributed by atoms with Crippen LogP contribution in [0.25, 0.3) is 118 Å². The molecule has 424 valence electrons. The molecule has 0 aliphatic rings. The monoisotopic (exact) mass is 1180 g/mol. The molecule has 0 saturated carbocycles. The standard InChI is InChI=1S/C46H31NS.C40H27NS/c1-3-11-32(12-4-1)34-21-25-40(26-22-34)47(39-15-5-2-6-16-39)41-27-23-35(24-28-41)38-30-43(37-20-19-33-13-7-8-14-36(33)29-37)46-44(31-38)42-17-9-10-18-45(42)48-46;1-3-13-33(14-4-1)41(34-15-5-2-6-16-34)35-23-21-29(22-24-35)32-26-37(31-20-19-28-11-7-8-12-30(28)25-31)40-38(27-32)36-17-9-10-18-39(36)42-40/h1-31H;1-27H. The number of thiophene rings is 2. The van der Waals surface area contributed by atoms with Crippen LogP contribution in [0.5, 0.6) is 0 Å². The second-order valence-corrected chi connectivity index (χ2v) is 24.9. The van der Waals surface area contributed by atoms with Crippen molar-refractivity contribution in [3.8, 4) is 55.6 Å². The summed E-state index contributed by atoms with van der Waals surface area (Å²) in [5, 5.41) is 10.3. The summed E-state index contributed by atoms with van der Waals surface area (Å²) in [5.74, 6) is 0. The lowest BCUT2D eigenvalue weighted by atomic mass is 9.94. The average molecular weight is 1180 g/mol. The first-order chi connectivity index (χ1) is 44.6. The lowest BCUT2D eigenvalue weighted by Crippen LogP contribution is -2.09. The quantitative estimate of drug-likeness (QED) is 0.127. The molecule has 2 nitrogen and oxygen atoms in total. The minimum atomic E-state index is 1.12. The van der Waals surface area contributed by atoms with Gasteiger partial charge in [-0.3, -0.25) is 0 Å². The molecule has 17 aromatic rings. The van der Waals surface area contributed by atoms with Gasteiger partial charge in [-0.2, -0.15) is 0 Å². The molecule has 0 aliphatic heterocycles. The number of anilines is 6. The van der Waals surface area contributed by atoms with Crippen molar-refractivity contribution in [1.29, 1.82) is 0 Å². The van der Waals surface area contributed by atoms with Crippen molar-refractivity contribution in [3.63, 3.8) is 0 Å². The molecule has 2 aromatic heterocycles. The molecule has 0 unspecified atom stereocenters. The molecule has 17 rings (SSSR count). The van der Waals surface area contributed by atoms with Gasteiger partial charge < -0.3 is 9.80 Å². The summed E-state index contributed by atoms with van der Waals surface area (Å²) in [6.45, 7) is 0. The number of rotatable bonds is 11. The zero-order valence-electron chi connectivity index (χ0n) is 49.2. The summed E-state index contributed by atoms with van der Waals surface area (Å²) in [6.07, 6.45) is 0. The third-order valence-corrected chi connectivity index (χ3v) is 19.7. The van der Waals surface area contributed by atoms with Gasteiger partial charge in [-0.25, -0.2) is 0 Å². The van der Waals surface area contributed by atoms with Gasteiger partial charge in [0.15, 0.2) is 0 Å². The van der Waals surface area contributed by atoms with Crippen molar-refractivity contribution in [2.24, 2.45) is 0 Å². The average Bonchev–Trinajstić information content (AvgIpc) is 1.69. The molecule has 2 heterocycles. The Labute approximate surface area is 532 Å². The molecule has 0 spiro atoms. The Morgan fingerprint density at radius 3 is 0.856 bits per heavy atom. The summed E-state index contributed by atoms with van der Waals surface area (Å²) in [7, 11) is 0. The molecule has 15 aromatic carbocycles. The first kappa shape index (κ1) is 54.3. The van der Waals surface area contributed by atoms with E-state index in [9.17, 15) is 0 Å². The van der Waals surface area contributed by atoms with Crippen molar-refractivity contribution in [2.45, 2.75) is 0 Å². The van der Waals surface area contributed by atoms with Gasteiger partial charge in [0.25, 0.3) is 0 Å². The van der Waals surface area contributed by atoms with E-state index in [2.05, 4.69) is 362 Å². The van der Waals surface area contributed by atoms with Crippen LogP contribution in [0.2, 0.25) is 0 Å². The van der Waals surface area contributed by atoms with E-state index in [0.29, 0.717) is 0 Å². The first-order valence-electron chi connectivity index (χ1n) is 30.6. The molecule has 0 amide bonds. The summed E-state index contributed by atoms with van der Waals surface area (Å²) in [5.41, 5.74) is 19.1. The highest BCUT2D eigenvalue weighted by Crippen LogP contribution is 2.47. The summed E-state index contributed by atoms with van der Waals surface area (Å²) < 4.78 is 5.31. The van der Waals surface area contributed by atoms with Crippen LogP contribution in [-0.2, 0) is 0 Å². The lowest BCUT2D eigenvalue weighted by molar-refractivity contribution is 1.28. The predicted molar refractivity (Wildman–Crippen MR) is 390 cm³/mol. The highest BCUT2D eigenvalue weighted by atomic mass is 32.1. The van der Waals surface area contributed by atoms with Crippen molar-refractivity contribution in [2.75, 3.05) is 9.80 Å². The molecular weight excluding hydrogens is 1130 g/mol. The number of hydrogen-bond donors (Lipinski definition) is 0. The van der Waals surface area contributed by atoms with Crippen LogP contribution in [0.3, 0.4) is 0 Å². The Morgan fingerprint density at radius 1 is 0.178 bits per heavy atom. The fourth-order valence-corrected chi connectivity index (χ4v) is 15.2. The minimum absolute atomic E-state index is 1.12. The zero-order chi connectivity index (χ0) is 59.7. The van der Waals surface area contributed by atoms with E-state index in [4.69, 9.17) is 0 Å². The van der Waals surface area contributed by atoms with E-state index in [0.717, 1.165) is 34.1 Å². The molecule has 0 aliphatic carbocycles. The Kier molecular flexibility index (Phi) is 14.4. The van der Waals surface area contributed by atoms with Crippen LogP contribution >= 0.6 is 22.7 Å². The maximum Gasteiger partial charge on any atom is 0.0462 e. The third-order valence-electron chi connectivity index (χ3n) is 17.3. The van der Waals surface area contributed by atoms with Crippen LogP contribution in [0.15, 0.2) is 352 Å². The summed E-state index contributed by atoms with van der Waals surface area (Å²) >= 11 is 3.77. The maximum absolute atomic E-state index is 2.38. The Balaban J connectivity index is 0.000000145. The van der Waals surface area contributed by atoms with Crippen LogP contribution in [0.4, 0.5) is 34.1 Å². The summed E-state index contributed by atoms with van der Waals surface area (Å²) in [6, 6.07) is 127. The largest absolute Gasteiger partial charge is 0.311 e. The van der Waals surface area contributed by atoms with Gasteiger partial charge in [0.2, 0.25) is 0 Å². The van der Waals surface area contributed by atoms with E-state index >= 15 is 0 Å². The fraction of sp³-hybridized carbons (Fsp3) is 0. The second kappa shape index (κ2) is 23.9. The summed E-state index contributed by atoms with van der Waals surface area (Å²) in [4.78, 5) is 4.63. The number of fused-ring (bicyclic) bond motifs is 8. The Morgan fingerprint density at radius 2 is 0.467 bits per heavy atom. The van der Waals surface area contributed by atoms with E-state index in [1.54, 1.807) is 0 Å². The highest BCUT2D eigenvalue weighted by molar-refractivity contribution is 7.26. The van der Waals surface area contributed by atoms with E-state index in [1.807, 2.05) is 22.7 Å². The van der Waals surface area contributed by atoms with Crippen LogP contribution in [-0.4, -0.2) is 0 Å². The normalized spacial score (nSPS) is 11.3. The number of nitrogens with zero attached hydrogens (tertiary/aromatic N) is 2. The minimum Gasteiger partial charge on any atom is -0.311 e. The predicted octanol–water partition coefficient (Wildman–Crippen LogP) is 25.7. The number of hydrogen-bond acceptors (Lipinski definition) is 4. The fourth-order valence-electron chi connectivity index (χ4n) is 12.8. The third kappa shape index (κ3) is 10.5. The molecule has 90 heavy (non-hydrogen) atoms. The molecule has 0 N–H and O–H groups in total. The van der Waals surface area contributed by atoms with E-state index < -0.39 is 0 Å². The maximum atomic E-state index is 2.38.